The smallest absolute Gasteiger partial charge is 0.244 e. The van der Waals surface area contributed by atoms with E-state index in [0.717, 1.165) is 26.1 Å². The molecule has 0 radical (unpaired) electrons. The van der Waals surface area contributed by atoms with Crippen LogP contribution in [0.3, 0.4) is 0 Å². The molecule has 4 rings (SSSR count). The zero-order chi connectivity index (χ0) is 18.5. The molecule has 2 aromatic heterocycles. The first-order valence-corrected chi connectivity index (χ1v) is 9.51. The van der Waals surface area contributed by atoms with E-state index in [1.54, 1.807) is 0 Å². The van der Waals surface area contributed by atoms with E-state index in [4.69, 9.17) is 0 Å². The van der Waals surface area contributed by atoms with E-state index < -0.39 is 0 Å². The number of nitrogens with one attached hydrogen (secondary N) is 1. The van der Waals surface area contributed by atoms with Crippen molar-refractivity contribution < 1.29 is 9.13 Å². The molecule has 0 saturated carbocycles. The summed E-state index contributed by atoms with van der Waals surface area (Å²) in [5.74, 6) is 0. The van der Waals surface area contributed by atoms with E-state index in [2.05, 4.69) is 92.9 Å². The number of aryl methyl sites for hydroxylation is 1. The average molecular weight is 358 g/mol. The average Bonchev–Trinajstić information content (AvgIpc) is 3.36. The van der Waals surface area contributed by atoms with Crippen molar-refractivity contribution in [3.05, 3.63) is 108 Å². The summed E-state index contributed by atoms with van der Waals surface area (Å²) in [6.45, 7) is 4.92. The SMILES string of the molecule is CCc1ccccc1Cn1cc[n+](Cc2ccc(C[n+]3cc[nH]c3)cc2)c1. The zero-order valence-corrected chi connectivity index (χ0v) is 15.8. The van der Waals surface area contributed by atoms with Gasteiger partial charge in [-0.1, -0.05) is 55.5 Å². The molecule has 0 aliphatic rings. The number of aromatic amines is 1. The van der Waals surface area contributed by atoms with Gasteiger partial charge in [-0.05, 0) is 28.7 Å². The number of hydrogen-bond donors (Lipinski definition) is 1. The Kier molecular flexibility index (Phi) is 5.15. The molecule has 2 aromatic carbocycles. The number of benzene rings is 2. The predicted molar refractivity (Wildman–Crippen MR) is 105 cm³/mol. The van der Waals surface area contributed by atoms with Crippen molar-refractivity contribution in [1.29, 1.82) is 0 Å². The van der Waals surface area contributed by atoms with Gasteiger partial charge in [0.05, 0.1) is 0 Å². The molecular weight excluding hydrogens is 332 g/mol. The third-order valence-corrected chi connectivity index (χ3v) is 4.95. The number of H-pyrrole nitrogens is 1. The molecule has 0 saturated heterocycles. The summed E-state index contributed by atoms with van der Waals surface area (Å²) in [6, 6.07) is 17.6. The summed E-state index contributed by atoms with van der Waals surface area (Å²) in [5, 5.41) is 0. The van der Waals surface area contributed by atoms with Crippen molar-refractivity contribution in [2.45, 2.75) is 33.0 Å². The van der Waals surface area contributed by atoms with Gasteiger partial charge in [-0.3, -0.25) is 4.98 Å². The minimum atomic E-state index is 0.889. The minimum Gasteiger partial charge on any atom is -0.250 e. The zero-order valence-electron chi connectivity index (χ0n) is 15.8. The van der Waals surface area contributed by atoms with Gasteiger partial charge in [0.2, 0.25) is 12.7 Å². The number of rotatable bonds is 7. The maximum absolute atomic E-state index is 3.08. The topological polar surface area (TPSA) is 28.5 Å². The van der Waals surface area contributed by atoms with Crippen LogP contribution in [0.5, 0.6) is 0 Å². The number of nitrogens with zero attached hydrogens (tertiary/aromatic N) is 3. The van der Waals surface area contributed by atoms with Gasteiger partial charge in [0.1, 0.15) is 44.4 Å². The summed E-state index contributed by atoms with van der Waals surface area (Å²) in [5.41, 5.74) is 5.44. The lowest BCUT2D eigenvalue weighted by atomic mass is 10.1. The molecule has 0 aliphatic heterocycles. The lowest BCUT2D eigenvalue weighted by Crippen LogP contribution is -2.32. The highest BCUT2D eigenvalue weighted by Gasteiger charge is 2.08. The van der Waals surface area contributed by atoms with E-state index in [1.807, 2.05) is 18.7 Å². The van der Waals surface area contributed by atoms with E-state index in [-0.39, 0.29) is 0 Å². The molecule has 0 fully saturated rings. The molecule has 4 aromatic rings. The predicted octanol–water partition coefficient (Wildman–Crippen LogP) is 3.10. The van der Waals surface area contributed by atoms with Crippen LogP contribution in [-0.2, 0) is 26.1 Å². The highest BCUT2D eigenvalue weighted by molar-refractivity contribution is 5.27. The minimum absolute atomic E-state index is 0.889. The van der Waals surface area contributed by atoms with Crippen LogP contribution in [0.25, 0.3) is 0 Å². The van der Waals surface area contributed by atoms with Crippen molar-refractivity contribution in [2.75, 3.05) is 0 Å². The summed E-state index contributed by atoms with van der Waals surface area (Å²) < 4.78 is 6.63. The highest BCUT2D eigenvalue weighted by atomic mass is 15.1. The molecule has 2 heterocycles. The van der Waals surface area contributed by atoms with Crippen LogP contribution in [0.1, 0.15) is 29.2 Å². The Hall–Kier alpha value is -3.14. The van der Waals surface area contributed by atoms with Crippen LogP contribution >= 0.6 is 0 Å². The third-order valence-electron chi connectivity index (χ3n) is 4.95. The Balaban J connectivity index is 1.40. The Morgan fingerprint density at radius 1 is 0.852 bits per heavy atom. The Bertz CT molecular complexity index is 981. The first kappa shape index (κ1) is 17.3. The first-order chi connectivity index (χ1) is 13.3. The van der Waals surface area contributed by atoms with E-state index >= 15 is 0 Å². The number of aromatic nitrogens is 4. The Labute approximate surface area is 160 Å². The first-order valence-electron chi connectivity index (χ1n) is 9.51. The molecule has 0 bridgehead atoms. The quantitative estimate of drug-likeness (QED) is 0.492. The second-order valence-corrected chi connectivity index (χ2v) is 6.98. The fourth-order valence-electron chi connectivity index (χ4n) is 3.47. The van der Waals surface area contributed by atoms with Gasteiger partial charge < -0.3 is 0 Å². The molecule has 1 N–H and O–H groups in total. The van der Waals surface area contributed by atoms with Gasteiger partial charge in [-0.15, -0.1) is 0 Å². The van der Waals surface area contributed by atoms with E-state index in [9.17, 15) is 0 Å². The van der Waals surface area contributed by atoms with Gasteiger partial charge in [-0.25, -0.2) is 13.7 Å². The van der Waals surface area contributed by atoms with Gasteiger partial charge in [0.25, 0.3) is 0 Å². The van der Waals surface area contributed by atoms with Crippen molar-refractivity contribution in [3.63, 3.8) is 0 Å². The summed E-state index contributed by atoms with van der Waals surface area (Å²) in [7, 11) is 0. The van der Waals surface area contributed by atoms with E-state index in [1.165, 1.54) is 22.3 Å². The number of imidazole rings is 2. The van der Waals surface area contributed by atoms with Crippen LogP contribution in [0.2, 0.25) is 0 Å². The lowest BCUT2D eigenvalue weighted by Gasteiger charge is -2.04. The second-order valence-electron chi connectivity index (χ2n) is 6.98. The Morgan fingerprint density at radius 3 is 2.22 bits per heavy atom. The van der Waals surface area contributed by atoms with Crippen molar-refractivity contribution in [1.82, 2.24) is 9.55 Å². The molecule has 0 unspecified atom stereocenters. The van der Waals surface area contributed by atoms with Crippen LogP contribution in [0.4, 0.5) is 0 Å². The molecule has 0 aliphatic carbocycles. The van der Waals surface area contributed by atoms with E-state index in [0.29, 0.717) is 0 Å². The molecular formula is C23H26N4+2. The fourth-order valence-corrected chi connectivity index (χ4v) is 3.47. The third kappa shape index (κ3) is 4.34. The normalized spacial score (nSPS) is 11.0. The largest absolute Gasteiger partial charge is 0.250 e. The maximum atomic E-state index is 3.08. The molecule has 4 nitrogen and oxygen atoms in total. The molecule has 0 spiro atoms. The summed E-state index contributed by atoms with van der Waals surface area (Å²) in [4.78, 5) is 3.08. The summed E-state index contributed by atoms with van der Waals surface area (Å²) in [6.07, 6.45) is 13.5. The lowest BCUT2D eigenvalue weighted by molar-refractivity contribution is -0.688. The molecule has 0 amide bonds. The molecule has 136 valence electrons. The van der Waals surface area contributed by atoms with Crippen molar-refractivity contribution in [2.24, 2.45) is 0 Å². The van der Waals surface area contributed by atoms with Crippen LogP contribution < -0.4 is 9.13 Å². The van der Waals surface area contributed by atoms with Crippen molar-refractivity contribution >= 4 is 0 Å². The monoisotopic (exact) mass is 358 g/mol. The van der Waals surface area contributed by atoms with Gasteiger partial charge >= 0.3 is 0 Å². The molecule has 27 heavy (non-hydrogen) atoms. The number of hydrogen-bond acceptors (Lipinski definition) is 0. The highest BCUT2D eigenvalue weighted by Crippen LogP contribution is 2.11. The van der Waals surface area contributed by atoms with Gasteiger partial charge in [-0.2, -0.15) is 0 Å². The fraction of sp³-hybridized carbons (Fsp3) is 0.217. The maximum Gasteiger partial charge on any atom is 0.244 e. The van der Waals surface area contributed by atoms with Crippen LogP contribution in [-0.4, -0.2) is 9.55 Å². The standard InChI is InChI=1S/C23H25N4/c1-2-22-5-3-4-6-23(22)17-27-14-13-26(19-27)16-21-9-7-20(8-10-21)15-25-12-11-24-18-25/h3-14,18-19H,2,15-17H2,1H3/q+1/p+1. The van der Waals surface area contributed by atoms with Crippen molar-refractivity contribution in [3.8, 4) is 0 Å². The molecule has 0 atom stereocenters. The Morgan fingerprint density at radius 2 is 1.56 bits per heavy atom. The second kappa shape index (κ2) is 8.04. The van der Waals surface area contributed by atoms with Gasteiger partial charge in [0, 0.05) is 0 Å². The molecule has 4 heteroatoms. The summed E-state index contributed by atoms with van der Waals surface area (Å²) >= 11 is 0. The van der Waals surface area contributed by atoms with Crippen LogP contribution in [0, 0.1) is 0 Å². The van der Waals surface area contributed by atoms with Gasteiger partial charge in [0.15, 0.2) is 0 Å². The van der Waals surface area contributed by atoms with Crippen LogP contribution in [0.15, 0.2) is 86.0 Å².